The molecule has 0 aliphatic heterocycles. The van der Waals surface area contributed by atoms with E-state index >= 15 is 0 Å². The van der Waals surface area contributed by atoms with Crippen LogP contribution in [0.4, 0.5) is 5.69 Å². The van der Waals surface area contributed by atoms with Gasteiger partial charge in [-0.1, -0.05) is 18.2 Å². The quantitative estimate of drug-likeness (QED) is 0.489. The summed E-state index contributed by atoms with van der Waals surface area (Å²) in [5.74, 6) is 0. The molecule has 3 heteroatoms. The number of anilines is 1. The van der Waals surface area contributed by atoms with Crippen molar-refractivity contribution in [3.63, 3.8) is 0 Å². The molecular formula is C6H7NOS. The summed E-state index contributed by atoms with van der Waals surface area (Å²) >= 11 is 0.605. The average Bonchev–Trinajstić information content (AvgIpc) is 1.91. The van der Waals surface area contributed by atoms with Crippen LogP contribution in [0.3, 0.4) is 0 Å². The topological polar surface area (TPSA) is 32.3 Å². The zero-order chi connectivity index (χ0) is 6.53. The average molecular weight is 141 g/mol. The molecule has 0 amide bonds. The van der Waals surface area contributed by atoms with E-state index in [1.165, 1.54) is 0 Å². The number of nitrogens with one attached hydrogen (secondary N) is 1. The van der Waals surface area contributed by atoms with Gasteiger partial charge in [-0.15, -0.1) is 0 Å². The smallest absolute Gasteiger partial charge is 0.108 e. The van der Waals surface area contributed by atoms with Crippen LogP contribution in [0, 0.1) is 0 Å². The highest BCUT2D eigenvalue weighted by molar-refractivity contribution is 7.95. The maximum absolute atomic E-state index is 8.33. The number of hydrogen-bond donors (Lipinski definition) is 2. The van der Waals surface area contributed by atoms with Crippen molar-refractivity contribution in [1.82, 2.24) is 0 Å². The van der Waals surface area contributed by atoms with Gasteiger partial charge >= 0.3 is 0 Å². The molecule has 0 fully saturated rings. The van der Waals surface area contributed by atoms with Crippen LogP contribution >= 0.6 is 12.2 Å². The molecule has 1 rings (SSSR count). The van der Waals surface area contributed by atoms with E-state index in [0.29, 0.717) is 12.2 Å². The Morgan fingerprint density at radius 3 is 2.44 bits per heavy atom. The normalized spacial score (nSPS) is 9.00. The summed E-state index contributed by atoms with van der Waals surface area (Å²) in [6.45, 7) is 0. The van der Waals surface area contributed by atoms with Gasteiger partial charge < -0.3 is 9.27 Å². The molecule has 0 aliphatic rings. The lowest BCUT2D eigenvalue weighted by molar-refractivity contribution is 0.668. The summed E-state index contributed by atoms with van der Waals surface area (Å²) in [7, 11) is 0. The molecule has 2 N–H and O–H groups in total. The highest BCUT2D eigenvalue weighted by Crippen LogP contribution is 2.07. The van der Waals surface area contributed by atoms with Crippen LogP contribution < -0.4 is 4.72 Å². The molecule has 0 heterocycles. The molecule has 0 aliphatic carbocycles. The van der Waals surface area contributed by atoms with Gasteiger partial charge in [-0.2, -0.15) is 0 Å². The molecule has 0 saturated heterocycles. The van der Waals surface area contributed by atoms with Crippen LogP contribution in [-0.4, -0.2) is 4.55 Å². The van der Waals surface area contributed by atoms with E-state index in [9.17, 15) is 0 Å². The predicted molar refractivity (Wildman–Crippen MR) is 40.3 cm³/mol. The van der Waals surface area contributed by atoms with Crippen LogP contribution in [0.5, 0.6) is 0 Å². The number of para-hydroxylation sites is 1. The zero-order valence-corrected chi connectivity index (χ0v) is 5.56. The fourth-order valence-electron chi connectivity index (χ4n) is 0.559. The van der Waals surface area contributed by atoms with Gasteiger partial charge in [0.1, 0.15) is 12.2 Å². The summed E-state index contributed by atoms with van der Waals surface area (Å²) in [5, 5.41) is 0. The van der Waals surface area contributed by atoms with Gasteiger partial charge in [-0.25, -0.2) is 0 Å². The maximum atomic E-state index is 8.33. The summed E-state index contributed by atoms with van der Waals surface area (Å²) in [6, 6.07) is 9.48. The van der Waals surface area contributed by atoms with Crippen molar-refractivity contribution >= 4 is 17.9 Å². The summed E-state index contributed by atoms with van der Waals surface area (Å²) in [6.07, 6.45) is 0. The van der Waals surface area contributed by atoms with Gasteiger partial charge in [-0.05, 0) is 12.1 Å². The summed E-state index contributed by atoms with van der Waals surface area (Å²) in [4.78, 5) is 0. The van der Waals surface area contributed by atoms with Gasteiger partial charge in [0.2, 0.25) is 0 Å². The molecule has 0 spiro atoms. The van der Waals surface area contributed by atoms with Crippen molar-refractivity contribution in [1.29, 1.82) is 0 Å². The third-order valence-corrected chi connectivity index (χ3v) is 1.26. The first-order valence-electron chi connectivity index (χ1n) is 2.55. The van der Waals surface area contributed by atoms with Crippen molar-refractivity contribution < 1.29 is 4.55 Å². The van der Waals surface area contributed by atoms with Crippen molar-refractivity contribution in [3.8, 4) is 0 Å². The Hall–Kier alpha value is -0.670. The Kier molecular flexibility index (Phi) is 2.42. The second-order valence-corrected chi connectivity index (χ2v) is 1.95. The Morgan fingerprint density at radius 2 is 1.89 bits per heavy atom. The van der Waals surface area contributed by atoms with E-state index in [2.05, 4.69) is 4.72 Å². The highest BCUT2D eigenvalue weighted by Gasteiger charge is 1.83. The van der Waals surface area contributed by atoms with Gasteiger partial charge in [0.15, 0.2) is 0 Å². The Bertz CT molecular complexity index is 166. The number of benzene rings is 1. The van der Waals surface area contributed by atoms with E-state index in [4.69, 9.17) is 4.55 Å². The first-order chi connectivity index (χ1) is 4.43. The van der Waals surface area contributed by atoms with Crippen LogP contribution in [0.25, 0.3) is 0 Å². The monoisotopic (exact) mass is 141 g/mol. The van der Waals surface area contributed by atoms with Crippen LogP contribution in [0.2, 0.25) is 0 Å². The summed E-state index contributed by atoms with van der Waals surface area (Å²) in [5.41, 5.74) is 0.907. The molecule has 48 valence electrons. The zero-order valence-electron chi connectivity index (χ0n) is 4.74. The standard InChI is InChI=1S/C6H7NOS/c8-9-7-6-4-2-1-3-5-6/h1-5,7-8H. The fourth-order valence-corrected chi connectivity index (χ4v) is 0.800. The SMILES string of the molecule is OSNc1ccccc1. The molecule has 0 atom stereocenters. The lowest BCUT2D eigenvalue weighted by atomic mass is 10.3. The van der Waals surface area contributed by atoms with E-state index in [-0.39, 0.29) is 0 Å². The Labute approximate surface area is 58.2 Å². The minimum absolute atomic E-state index is 0.605. The Morgan fingerprint density at radius 1 is 1.22 bits per heavy atom. The first kappa shape index (κ1) is 6.45. The third-order valence-electron chi connectivity index (χ3n) is 0.937. The van der Waals surface area contributed by atoms with Crippen molar-refractivity contribution in [2.75, 3.05) is 4.72 Å². The molecular weight excluding hydrogens is 134 g/mol. The molecule has 1 aromatic carbocycles. The van der Waals surface area contributed by atoms with E-state index in [1.807, 2.05) is 30.3 Å². The number of hydrogen-bond acceptors (Lipinski definition) is 3. The lowest BCUT2D eigenvalue weighted by Gasteiger charge is -1.96. The minimum Gasteiger partial charge on any atom is -0.312 e. The third kappa shape index (κ3) is 1.95. The predicted octanol–water partition coefficient (Wildman–Crippen LogP) is 2.22. The van der Waals surface area contributed by atoms with Crippen LogP contribution in [0.1, 0.15) is 0 Å². The lowest BCUT2D eigenvalue weighted by Crippen LogP contribution is -1.81. The fraction of sp³-hybridized carbons (Fsp3) is 0. The van der Waals surface area contributed by atoms with Crippen molar-refractivity contribution in [3.05, 3.63) is 30.3 Å². The van der Waals surface area contributed by atoms with Gasteiger partial charge in [0.05, 0.1) is 0 Å². The molecule has 0 radical (unpaired) electrons. The molecule has 0 saturated carbocycles. The summed E-state index contributed by atoms with van der Waals surface area (Å²) < 4.78 is 11.0. The second kappa shape index (κ2) is 3.37. The molecule has 1 aromatic rings. The van der Waals surface area contributed by atoms with Crippen LogP contribution in [0.15, 0.2) is 30.3 Å². The largest absolute Gasteiger partial charge is 0.312 e. The highest BCUT2D eigenvalue weighted by atomic mass is 32.2. The van der Waals surface area contributed by atoms with E-state index in [1.54, 1.807) is 0 Å². The molecule has 2 nitrogen and oxygen atoms in total. The number of rotatable bonds is 2. The van der Waals surface area contributed by atoms with Gasteiger partial charge in [0, 0.05) is 5.69 Å². The van der Waals surface area contributed by atoms with Gasteiger partial charge in [0.25, 0.3) is 0 Å². The molecule has 9 heavy (non-hydrogen) atoms. The van der Waals surface area contributed by atoms with Crippen LogP contribution in [-0.2, 0) is 0 Å². The van der Waals surface area contributed by atoms with Gasteiger partial charge in [-0.3, -0.25) is 0 Å². The first-order valence-corrected chi connectivity index (χ1v) is 3.32. The minimum atomic E-state index is 0.605. The van der Waals surface area contributed by atoms with E-state index in [0.717, 1.165) is 5.69 Å². The molecule has 0 unspecified atom stereocenters. The second-order valence-electron chi connectivity index (χ2n) is 1.56. The molecule has 0 bridgehead atoms. The molecule has 0 aromatic heterocycles. The van der Waals surface area contributed by atoms with Crippen molar-refractivity contribution in [2.45, 2.75) is 0 Å². The van der Waals surface area contributed by atoms with Crippen molar-refractivity contribution in [2.24, 2.45) is 0 Å². The maximum Gasteiger partial charge on any atom is 0.108 e. The van der Waals surface area contributed by atoms with E-state index < -0.39 is 0 Å². The Balaban J connectivity index is 2.61.